The molecule has 186 valence electrons. The van der Waals surface area contributed by atoms with Gasteiger partial charge < -0.3 is 20.4 Å². The van der Waals surface area contributed by atoms with Crippen molar-refractivity contribution < 1.29 is 14.4 Å². The van der Waals surface area contributed by atoms with Crippen LogP contribution < -0.4 is 15.5 Å². The highest BCUT2D eigenvalue weighted by Gasteiger charge is 2.18. The summed E-state index contributed by atoms with van der Waals surface area (Å²) >= 11 is 0. The Bertz CT molecular complexity index is 1190. The van der Waals surface area contributed by atoms with Crippen molar-refractivity contribution in [3.8, 4) is 0 Å². The maximum Gasteiger partial charge on any atom is 0.258 e. The summed E-state index contributed by atoms with van der Waals surface area (Å²) in [6.45, 7) is 1.65. The summed E-state index contributed by atoms with van der Waals surface area (Å²) in [5.41, 5.74) is 3.29. The number of likely N-dealkylation sites (tertiary alicyclic amines) is 1. The van der Waals surface area contributed by atoms with Crippen LogP contribution in [0.4, 0.5) is 17.1 Å². The zero-order valence-corrected chi connectivity index (χ0v) is 20.6. The molecule has 3 aromatic carbocycles. The van der Waals surface area contributed by atoms with Gasteiger partial charge >= 0.3 is 0 Å². The number of amides is 3. The summed E-state index contributed by atoms with van der Waals surface area (Å²) in [5, 5.41) is 5.93. The SMILES string of the molecule is CN(C(=O)c1ccc(NC(=O)CNc2cccc(C(=O)N3CCCCCC3)c2)cc1)c1ccccc1. The molecule has 4 rings (SSSR count). The van der Waals surface area contributed by atoms with Crippen LogP contribution in [0.5, 0.6) is 0 Å². The van der Waals surface area contributed by atoms with Crippen molar-refractivity contribution in [3.63, 3.8) is 0 Å². The Morgan fingerprint density at radius 2 is 1.47 bits per heavy atom. The standard InChI is InChI=1S/C29H32N4O3/c1-32(26-12-5-4-6-13-26)28(35)22-14-16-24(17-15-22)31-27(34)21-30-25-11-9-10-23(20-25)29(36)33-18-7-2-3-8-19-33/h4-6,9-17,20,30H,2-3,7-8,18-19,21H2,1H3,(H,31,34). The lowest BCUT2D eigenvalue weighted by atomic mass is 10.1. The van der Waals surface area contributed by atoms with Gasteiger partial charge in [0, 0.05) is 48.3 Å². The third-order valence-corrected chi connectivity index (χ3v) is 6.32. The molecule has 0 spiro atoms. The molecule has 1 heterocycles. The van der Waals surface area contributed by atoms with E-state index in [0.29, 0.717) is 16.8 Å². The molecule has 1 aliphatic rings. The number of benzene rings is 3. The Morgan fingerprint density at radius 1 is 0.778 bits per heavy atom. The van der Waals surface area contributed by atoms with Crippen LogP contribution in [0.3, 0.4) is 0 Å². The number of anilines is 3. The quantitative estimate of drug-likeness (QED) is 0.493. The van der Waals surface area contributed by atoms with Gasteiger partial charge in [-0.1, -0.05) is 37.1 Å². The molecular formula is C29H32N4O3. The van der Waals surface area contributed by atoms with E-state index >= 15 is 0 Å². The third kappa shape index (κ3) is 6.50. The zero-order valence-electron chi connectivity index (χ0n) is 20.6. The molecule has 3 aromatic rings. The highest BCUT2D eigenvalue weighted by atomic mass is 16.2. The molecular weight excluding hydrogens is 452 g/mol. The Hall–Kier alpha value is -4.13. The molecule has 0 aliphatic carbocycles. The molecule has 0 unspecified atom stereocenters. The summed E-state index contributed by atoms with van der Waals surface area (Å²) in [6, 6.07) is 23.5. The first-order valence-electron chi connectivity index (χ1n) is 12.4. The van der Waals surface area contributed by atoms with Gasteiger partial charge in [0.1, 0.15) is 0 Å². The summed E-state index contributed by atoms with van der Waals surface area (Å²) in [7, 11) is 1.73. The maximum atomic E-state index is 12.9. The predicted molar refractivity (Wildman–Crippen MR) is 144 cm³/mol. The number of hydrogen-bond donors (Lipinski definition) is 2. The van der Waals surface area contributed by atoms with Gasteiger partial charge in [0.2, 0.25) is 5.91 Å². The molecule has 2 N–H and O–H groups in total. The molecule has 1 aliphatic heterocycles. The van der Waals surface area contributed by atoms with Crippen LogP contribution in [0.2, 0.25) is 0 Å². The van der Waals surface area contributed by atoms with Crippen LogP contribution in [-0.4, -0.2) is 49.3 Å². The number of nitrogens with one attached hydrogen (secondary N) is 2. The van der Waals surface area contributed by atoms with Crippen molar-refractivity contribution in [2.45, 2.75) is 25.7 Å². The van der Waals surface area contributed by atoms with Gasteiger partial charge in [-0.05, 0) is 67.4 Å². The highest BCUT2D eigenvalue weighted by molar-refractivity contribution is 6.06. The fourth-order valence-electron chi connectivity index (χ4n) is 4.26. The van der Waals surface area contributed by atoms with Gasteiger partial charge in [-0.25, -0.2) is 0 Å². The highest BCUT2D eigenvalue weighted by Crippen LogP contribution is 2.18. The molecule has 7 nitrogen and oxygen atoms in total. The van der Waals surface area contributed by atoms with Crippen LogP contribution in [0, 0.1) is 0 Å². The Morgan fingerprint density at radius 3 is 2.17 bits per heavy atom. The van der Waals surface area contributed by atoms with E-state index in [1.807, 2.05) is 53.4 Å². The van der Waals surface area contributed by atoms with E-state index in [-0.39, 0.29) is 24.3 Å². The van der Waals surface area contributed by atoms with Crippen LogP contribution in [0.15, 0.2) is 78.9 Å². The molecule has 0 aromatic heterocycles. The molecule has 1 saturated heterocycles. The summed E-state index contributed by atoms with van der Waals surface area (Å²) in [6.07, 6.45) is 4.43. The van der Waals surface area contributed by atoms with E-state index < -0.39 is 0 Å². The van der Waals surface area contributed by atoms with Crippen molar-refractivity contribution in [1.29, 1.82) is 0 Å². The van der Waals surface area contributed by atoms with Crippen LogP contribution >= 0.6 is 0 Å². The second-order valence-electron chi connectivity index (χ2n) is 8.97. The second-order valence-corrected chi connectivity index (χ2v) is 8.97. The van der Waals surface area contributed by atoms with Crippen LogP contribution in [0.25, 0.3) is 0 Å². The van der Waals surface area contributed by atoms with E-state index in [1.54, 1.807) is 42.3 Å². The largest absolute Gasteiger partial charge is 0.376 e. The fourth-order valence-corrected chi connectivity index (χ4v) is 4.26. The number of carbonyl (C=O) groups is 3. The number of rotatable bonds is 7. The van der Waals surface area contributed by atoms with Gasteiger partial charge in [-0.3, -0.25) is 14.4 Å². The first-order valence-corrected chi connectivity index (χ1v) is 12.4. The minimum atomic E-state index is -0.222. The maximum absolute atomic E-state index is 12.9. The number of nitrogens with zero attached hydrogens (tertiary/aromatic N) is 2. The first-order chi connectivity index (χ1) is 17.5. The smallest absolute Gasteiger partial charge is 0.258 e. The molecule has 0 bridgehead atoms. The number of hydrogen-bond acceptors (Lipinski definition) is 4. The lowest BCUT2D eigenvalue weighted by Gasteiger charge is -2.20. The van der Waals surface area contributed by atoms with Gasteiger partial charge in [-0.2, -0.15) is 0 Å². The van der Waals surface area contributed by atoms with Crippen molar-refractivity contribution in [3.05, 3.63) is 90.0 Å². The summed E-state index contributed by atoms with van der Waals surface area (Å²) in [4.78, 5) is 41.6. The first kappa shape index (κ1) is 25.0. The summed E-state index contributed by atoms with van der Waals surface area (Å²) < 4.78 is 0. The van der Waals surface area contributed by atoms with Crippen molar-refractivity contribution in [2.24, 2.45) is 0 Å². The second kappa shape index (κ2) is 12.0. The summed E-state index contributed by atoms with van der Waals surface area (Å²) in [5.74, 6) is -0.312. The predicted octanol–water partition coefficient (Wildman–Crippen LogP) is 5.03. The van der Waals surface area contributed by atoms with Crippen LogP contribution in [-0.2, 0) is 4.79 Å². The molecule has 7 heteroatoms. The van der Waals surface area contributed by atoms with Gasteiger partial charge in [0.15, 0.2) is 0 Å². The monoisotopic (exact) mass is 484 g/mol. The van der Waals surface area contributed by atoms with Crippen LogP contribution in [0.1, 0.15) is 46.4 Å². The van der Waals surface area contributed by atoms with Crippen molar-refractivity contribution in [2.75, 3.05) is 42.2 Å². The topological polar surface area (TPSA) is 81.8 Å². The fraction of sp³-hybridized carbons (Fsp3) is 0.276. The Kier molecular flexibility index (Phi) is 8.34. The number of para-hydroxylation sites is 1. The minimum absolute atomic E-state index is 0.0394. The molecule has 0 atom stereocenters. The normalized spacial score (nSPS) is 13.4. The van der Waals surface area contributed by atoms with E-state index in [1.165, 1.54) is 12.8 Å². The molecule has 36 heavy (non-hydrogen) atoms. The third-order valence-electron chi connectivity index (χ3n) is 6.32. The molecule has 0 saturated carbocycles. The average molecular weight is 485 g/mol. The Labute approximate surface area is 212 Å². The lowest BCUT2D eigenvalue weighted by molar-refractivity contribution is -0.114. The van der Waals surface area contributed by atoms with E-state index in [0.717, 1.165) is 37.3 Å². The van der Waals surface area contributed by atoms with Gasteiger partial charge in [0.25, 0.3) is 11.8 Å². The van der Waals surface area contributed by atoms with Gasteiger partial charge in [-0.15, -0.1) is 0 Å². The van der Waals surface area contributed by atoms with Crippen molar-refractivity contribution >= 4 is 34.8 Å². The minimum Gasteiger partial charge on any atom is -0.376 e. The van der Waals surface area contributed by atoms with E-state index in [4.69, 9.17) is 0 Å². The van der Waals surface area contributed by atoms with E-state index in [9.17, 15) is 14.4 Å². The Balaban J connectivity index is 1.29. The molecule has 0 radical (unpaired) electrons. The zero-order chi connectivity index (χ0) is 25.3. The van der Waals surface area contributed by atoms with Gasteiger partial charge in [0.05, 0.1) is 6.54 Å². The molecule has 1 fully saturated rings. The average Bonchev–Trinajstić information content (AvgIpc) is 3.21. The number of carbonyl (C=O) groups excluding carboxylic acids is 3. The van der Waals surface area contributed by atoms with Crippen molar-refractivity contribution in [1.82, 2.24) is 4.90 Å². The molecule has 3 amide bonds. The lowest BCUT2D eigenvalue weighted by Crippen LogP contribution is -2.31. The van der Waals surface area contributed by atoms with E-state index in [2.05, 4.69) is 10.6 Å².